The smallest absolute Gasteiger partial charge is 0.408 e. The van der Waals surface area contributed by atoms with E-state index in [4.69, 9.17) is 4.42 Å². The Labute approximate surface area is 151 Å². The van der Waals surface area contributed by atoms with Gasteiger partial charge in [-0.15, -0.1) is 0 Å². The van der Waals surface area contributed by atoms with Gasteiger partial charge in [0.25, 0.3) is 5.91 Å². The Morgan fingerprint density at radius 2 is 1.81 bits per heavy atom. The van der Waals surface area contributed by atoms with Crippen molar-refractivity contribution >= 4 is 22.7 Å². The van der Waals surface area contributed by atoms with Crippen molar-refractivity contribution in [2.75, 3.05) is 18.9 Å². The minimum Gasteiger partial charge on any atom is -0.408 e. The molecule has 0 aliphatic carbocycles. The summed E-state index contributed by atoms with van der Waals surface area (Å²) in [6.45, 7) is 0.00230. The maximum atomic E-state index is 13.0. The van der Waals surface area contributed by atoms with Gasteiger partial charge in [-0.3, -0.25) is 4.79 Å². The van der Waals surface area contributed by atoms with Crippen molar-refractivity contribution in [3.63, 3.8) is 0 Å². The van der Waals surface area contributed by atoms with E-state index >= 15 is 0 Å². The number of amides is 1. The number of oxazole rings is 1. The fraction of sp³-hybridized carbons (Fsp3) is 0.222. The second-order valence-corrected chi connectivity index (χ2v) is 6.15. The predicted octanol–water partition coefficient (Wildman–Crippen LogP) is 1.72. The fourth-order valence-electron chi connectivity index (χ4n) is 2.80. The molecule has 0 saturated heterocycles. The summed E-state index contributed by atoms with van der Waals surface area (Å²) in [5, 5.41) is 2.29. The van der Waals surface area contributed by atoms with E-state index in [1.165, 1.54) is 22.8 Å². The van der Waals surface area contributed by atoms with Crippen LogP contribution >= 0.6 is 0 Å². The third-order valence-corrected chi connectivity index (χ3v) is 3.97. The SMILES string of the molecule is C[NH+](CC(=O)Nc1ccccc1C(F)(F)F)Cn1c(=O)oc2ccccc21. The number of nitrogens with one attached hydrogen (secondary N) is 2. The molecule has 2 N–H and O–H groups in total. The van der Waals surface area contributed by atoms with E-state index in [0.29, 0.717) is 16.0 Å². The van der Waals surface area contributed by atoms with Crippen LogP contribution in [0.5, 0.6) is 0 Å². The average molecular weight is 380 g/mol. The summed E-state index contributed by atoms with van der Waals surface area (Å²) in [6.07, 6.45) is -4.56. The molecule has 0 radical (unpaired) electrons. The number of fused-ring (bicyclic) bond motifs is 1. The van der Waals surface area contributed by atoms with Gasteiger partial charge in [0.15, 0.2) is 18.8 Å². The molecule has 0 saturated carbocycles. The van der Waals surface area contributed by atoms with Crippen LogP contribution in [0.25, 0.3) is 11.1 Å². The Morgan fingerprint density at radius 1 is 1.15 bits per heavy atom. The summed E-state index contributed by atoms with van der Waals surface area (Å²) in [5.74, 6) is -1.15. The lowest BCUT2D eigenvalue weighted by atomic mass is 10.1. The molecule has 3 aromatic rings. The molecule has 1 atom stereocenters. The molecule has 1 aromatic heterocycles. The predicted molar refractivity (Wildman–Crippen MR) is 92.3 cm³/mol. The van der Waals surface area contributed by atoms with Crippen LogP contribution in [-0.4, -0.2) is 24.1 Å². The van der Waals surface area contributed by atoms with Gasteiger partial charge in [0.2, 0.25) is 0 Å². The fourth-order valence-corrected chi connectivity index (χ4v) is 2.80. The molecular weight excluding hydrogens is 363 g/mol. The topological polar surface area (TPSA) is 68.7 Å². The molecule has 142 valence electrons. The number of nitrogens with zero attached hydrogens (tertiary/aromatic N) is 1. The van der Waals surface area contributed by atoms with Crippen LogP contribution in [0.15, 0.2) is 57.7 Å². The molecule has 0 aliphatic rings. The quantitative estimate of drug-likeness (QED) is 0.708. The van der Waals surface area contributed by atoms with E-state index in [-0.39, 0.29) is 18.9 Å². The number of carbonyl (C=O) groups is 1. The highest BCUT2D eigenvalue weighted by atomic mass is 19.4. The van der Waals surface area contributed by atoms with Crippen LogP contribution in [0, 0.1) is 0 Å². The highest BCUT2D eigenvalue weighted by Gasteiger charge is 2.33. The lowest BCUT2D eigenvalue weighted by Crippen LogP contribution is -3.09. The van der Waals surface area contributed by atoms with Gasteiger partial charge >= 0.3 is 11.9 Å². The second kappa shape index (κ2) is 7.28. The van der Waals surface area contributed by atoms with E-state index in [2.05, 4.69) is 5.32 Å². The van der Waals surface area contributed by atoms with E-state index in [0.717, 1.165) is 6.07 Å². The van der Waals surface area contributed by atoms with Crippen molar-refractivity contribution in [1.82, 2.24) is 4.57 Å². The maximum absolute atomic E-state index is 13.0. The Hall–Kier alpha value is -3.07. The minimum atomic E-state index is -4.56. The summed E-state index contributed by atoms with van der Waals surface area (Å²) < 4.78 is 45.5. The van der Waals surface area contributed by atoms with Crippen molar-refractivity contribution in [2.24, 2.45) is 0 Å². The first-order valence-electron chi connectivity index (χ1n) is 8.11. The first kappa shape index (κ1) is 18.7. The second-order valence-electron chi connectivity index (χ2n) is 6.15. The summed E-state index contributed by atoms with van der Waals surface area (Å²) in [5.41, 5.74) is -0.190. The molecule has 0 spiro atoms. The Morgan fingerprint density at radius 3 is 2.56 bits per heavy atom. The van der Waals surface area contributed by atoms with Crippen molar-refractivity contribution in [3.05, 3.63) is 64.6 Å². The monoisotopic (exact) mass is 380 g/mol. The van der Waals surface area contributed by atoms with Crippen LogP contribution in [0.2, 0.25) is 0 Å². The molecule has 2 aromatic carbocycles. The third-order valence-electron chi connectivity index (χ3n) is 3.97. The van der Waals surface area contributed by atoms with E-state index in [1.807, 2.05) is 0 Å². The first-order chi connectivity index (χ1) is 12.8. The van der Waals surface area contributed by atoms with Gasteiger partial charge in [-0.05, 0) is 24.3 Å². The zero-order chi connectivity index (χ0) is 19.6. The number of hydrogen-bond acceptors (Lipinski definition) is 3. The lowest BCUT2D eigenvalue weighted by Gasteiger charge is -2.16. The molecule has 0 bridgehead atoms. The van der Waals surface area contributed by atoms with Crippen LogP contribution in [-0.2, 0) is 17.6 Å². The number of rotatable bonds is 5. The van der Waals surface area contributed by atoms with Gasteiger partial charge in [-0.1, -0.05) is 24.3 Å². The molecule has 6 nitrogen and oxygen atoms in total. The number of alkyl halides is 3. The van der Waals surface area contributed by atoms with E-state index < -0.39 is 23.4 Å². The third kappa shape index (κ3) is 4.20. The number of halogens is 3. The van der Waals surface area contributed by atoms with Crippen LogP contribution in [0.3, 0.4) is 0 Å². The number of likely N-dealkylation sites (N-methyl/N-ethyl adjacent to an activating group) is 1. The normalized spacial score (nSPS) is 12.9. The Bertz CT molecular complexity index is 1020. The highest BCUT2D eigenvalue weighted by Crippen LogP contribution is 2.34. The molecule has 9 heteroatoms. The standard InChI is InChI=1S/C18H16F3N3O3/c1-23(11-24-14-8-4-5-9-15(14)27-17(24)26)10-16(25)22-13-7-3-2-6-12(13)18(19,20)21/h2-9H,10-11H2,1H3,(H,22,25)/p+1. The molecule has 1 unspecified atom stereocenters. The van der Waals surface area contributed by atoms with Gasteiger partial charge in [-0.2, -0.15) is 13.2 Å². The minimum absolute atomic E-state index is 0.127. The largest absolute Gasteiger partial charge is 0.424 e. The molecule has 0 fully saturated rings. The summed E-state index contributed by atoms with van der Waals surface area (Å²) >= 11 is 0. The van der Waals surface area contributed by atoms with Gasteiger partial charge < -0.3 is 14.6 Å². The van der Waals surface area contributed by atoms with E-state index in [9.17, 15) is 22.8 Å². The highest BCUT2D eigenvalue weighted by molar-refractivity contribution is 5.92. The van der Waals surface area contributed by atoms with Crippen molar-refractivity contribution in [3.8, 4) is 0 Å². The molecule has 1 heterocycles. The number of quaternary nitrogens is 1. The summed E-state index contributed by atoms with van der Waals surface area (Å²) in [6, 6.07) is 11.6. The lowest BCUT2D eigenvalue weighted by molar-refractivity contribution is -0.894. The van der Waals surface area contributed by atoms with Gasteiger partial charge in [0.1, 0.15) is 0 Å². The average Bonchev–Trinajstić information content (AvgIpc) is 2.90. The zero-order valence-electron chi connectivity index (χ0n) is 14.3. The summed E-state index contributed by atoms with van der Waals surface area (Å²) in [7, 11) is 1.66. The van der Waals surface area contributed by atoms with Crippen molar-refractivity contribution in [2.45, 2.75) is 12.8 Å². The van der Waals surface area contributed by atoms with Crippen LogP contribution in [0.4, 0.5) is 18.9 Å². The maximum Gasteiger partial charge on any atom is 0.424 e. The van der Waals surface area contributed by atoms with Crippen LogP contribution < -0.4 is 16.0 Å². The van der Waals surface area contributed by atoms with Crippen molar-refractivity contribution < 1.29 is 27.3 Å². The zero-order valence-corrected chi connectivity index (χ0v) is 14.3. The number of aromatic nitrogens is 1. The Balaban J connectivity index is 1.70. The molecule has 0 aliphatic heterocycles. The molecule has 1 amide bonds. The van der Waals surface area contributed by atoms with Crippen molar-refractivity contribution in [1.29, 1.82) is 0 Å². The molecule has 3 rings (SSSR count). The number of anilines is 1. The van der Waals surface area contributed by atoms with Crippen LogP contribution in [0.1, 0.15) is 5.56 Å². The number of benzene rings is 2. The number of para-hydroxylation sites is 3. The molecular formula is C18H17F3N3O3+. The first-order valence-corrected chi connectivity index (χ1v) is 8.11. The van der Waals surface area contributed by atoms with Gasteiger partial charge in [0, 0.05) is 0 Å². The number of hydrogen-bond donors (Lipinski definition) is 2. The molecule has 27 heavy (non-hydrogen) atoms. The Kier molecular flexibility index (Phi) is 5.04. The van der Waals surface area contributed by atoms with Gasteiger partial charge in [-0.25, -0.2) is 9.36 Å². The summed E-state index contributed by atoms with van der Waals surface area (Å²) in [4.78, 5) is 24.7. The number of carbonyl (C=O) groups excluding carboxylic acids is 1. The van der Waals surface area contributed by atoms with E-state index in [1.54, 1.807) is 31.3 Å². The van der Waals surface area contributed by atoms with Gasteiger partial charge in [0.05, 0.1) is 23.8 Å².